The summed E-state index contributed by atoms with van der Waals surface area (Å²) in [5, 5.41) is 7.40. The molecule has 2 heterocycles. The maximum Gasteiger partial charge on any atom is 0.269 e. The van der Waals surface area contributed by atoms with Crippen LogP contribution in [0.3, 0.4) is 0 Å². The minimum atomic E-state index is -0.122. The zero-order valence-electron chi connectivity index (χ0n) is 16.2. The van der Waals surface area contributed by atoms with Gasteiger partial charge in [0.1, 0.15) is 5.69 Å². The standard InChI is InChI=1S/C20H27N3O4/c1-4-26-9-8-23-17(10-14(2)22-23)20(24)21-12-15-11-16-6-5-7-18(25-3)19(16)27-13-15/h5-7,10,15H,4,8-9,11-13H2,1-3H3,(H,21,24)/t15-/m1/s1. The van der Waals surface area contributed by atoms with Crippen LogP contribution in [0.1, 0.15) is 28.7 Å². The second kappa shape index (κ2) is 8.90. The zero-order chi connectivity index (χ0) is 19.2. The first-order valence-corrected chi connectivity index (χ1v) is 9.31. The molecule has 1 atom stereocenters. The molecule has 0 bridgehead atoms. The van der Waals surface area contributed by atoms with Crippen molar-refractivity contribution in [3.8, 4) is 11.5 Å². The third-order valence-electron chi connectivity index (χ3n) is 4.59. The van der Waals surface area contributed by atoms with E-state index in [1.54, 1.807) is 17.9 Å². The Balaban J connectivity index is 1.58. The zero-order valence-corrected chi connectivity index (χ0v) is 16.2. The van der Waals surface area contributed by atoms with Gasteiger partial charge in [-0.2, -0.15) is 5.10 Å². The highest BCUT2D eigenvalue weighted by atomic mass is 16.5. The number of hydrogen-bond donors (Lipinski definition) is 1. The monoisotopic (exact) mass is 373 g/mol. The Morgan fingerprint density at radius 2 is 2.30 bits per heavy atom. The largest absolute Gasteiger partial charge is 0.493 e. The number of hydrogen-bond acceptors (Lipinski definition) is 5. The van der Waals surface area contributed by atoms with Crippen molar-refractivity contribution in [2.45, 2.75) is 26.8 Å². The molecule has 2 aromatic rings. The topological polar surface area (TPSA) is 74.6 Å². The van der Waals surface area contributed by atoms with Crippen molar-refractivity contribution in [1.29, 1.82) is 0 Å². The molecule has 7 heteroatoms. The van der Waals surface area contributed by atoms with Gasteiger partial charge in [0.2, 0.25) is 0 Å². The van der Waals surface area contributed by atoms with Crippen molar-refractivity contribution < 1.29 is 19.0 Å². The number of carbonyl (C=O) groups is 1. The number of aromatic nitrogens is 2. The van der Waals surface area contributed by atoms with Gasteiger partial charge in [-0.3, -0.25) is 9.48 Å². The lowest BCUT2D eigenvalue weighted by atomic mass is 9.96. The molecule has 0 spiro atoms. The molecule has 3 rings (SSSR count). The van der Waals surface area contributed by atoms with Crippen LogP contribution in [0.25, 0.3) is 0 Å². The van der Waals surface area contributed by atoms with Gasteiger partial charge in [0.15, 0.2) is 11.5 Å². The quantitative estimate of drug-likeness (QED) is 0.718. The van der Waals surface area contributed by atoms with Crippen LogP contribution in [0.2, 0.25) is 0 Å². The summed E-state index contributed by atoms with van der Waals surface area (Å²) in [5.74, 6) is 1.66. The minimum absolute atomic E-state index is 0.122. The van der Waals surface area contributed by atoms with Gasteiger partial charge in [0.05, 0.1) is 32.6 Å². The Hall–Kier alpha value is -2.54. The number of carbonyl (C=O) groups excluding carboxylic acids is 1. The molecular weight excluding hydrogens is 346 g/mol. The van der Waals surface area contributed by atoms with Gasteiger partial charge in [-0.1, -0.05) is 12.1 Å². The smallest absolute Gasteiger partial charge is 0.269 e. The van der Waals surface area contributed by atoms with Gasteiger partial charge >= 0.3 is 0 Å². The third kappa shape index (κ3) is 4.60. The number of amides is 1. The van der Waals surface area contributed by atoms with E-state index in [9.17, 15) is 4.79 Å². The molecule has 27 heavy (non-hydrogen) atoms. The average molecular weight is 373 g/mol. The Morgan fingerprint density at radius 3 is 3.07 bits per heavy atom. The molecule has 0 unspecified atom stereocenters. The second-order valence-electron chi connectivity index (χ2n) is 6.63. The molecule has 1 aliphatic heterocycles. The van der Waals surface area contributed by atoms with Gasteiger partial charge in [0, 0.05) is 19.1 Å². The highest BCUT2D eigenvalue weighted by Gasteiger charge is 2.24. The number of methoxy groups -OCH3 is 1. The van der Waals surface area contributed by atoms with Crippen molar-refractivity contribution in [2.75, 3.05) is 33.5 Å². The van der Waals surface area contributed by atoms with Crippen molar-refractivity contribution in [3.63, 3.8) is 0 Å². The fourth-order valence-corrected chi connectivity index (χ4v) is 3.27. The Morgan fingerprint density at radius 1 is 1.44 bits per heavy atom. The second-order valence-corrected chi connectivity index (χ2v) is 6.63. The van der Waals surface area contributed by atoms with Crippen molar-refractivity contribution in [2.24, 2.45) is 5.92 Å². The molecule has 1 amide bonds. The predicted molar refractivity (Wildman–Crippen MR) is 101 cm³/mol. The molecular formula is C20H27N3O4. The summed E-state index contributed by atoms with van der Waals surface area (Å²) in [4.78, 5) is 12.6. The number of ether oxygens (including phenoxy) is 3. The lowest BCUT2D eigenvalue weighted by molar-refractivity contribution is 0.0920. The van der Waals surface area contributed by atoms with Crippen LogP contribution in [0.4, 0.5) is 0 Å². The van der Waals surface area contributed by atoms with Crippen LogP contribution in [0, 0.1) is 12.8 Å². The van der Waals surface area contributed by atoms with E-state index in [2.05, 4.69) is 10.4 Å². The van der Waals surface area contributed by atoms with E-state index in [4.69, 9.17) is 14.2 Å². The number of nitrogens with one attached hydrogen (secondary N) is 1. The number of para-hydroxylation sites is 1. The molecule has 1 N–H and O–H groups in total. The number of aryl methyl sites for hydroxylation is 1. The summed E-state index contributed by atoms with van der Waals surface area (Å²) in [6.45, 7) is 6.67. The molecule has 1 aromatic carbocycles. The molecule has 146 valence electrons. The molecule has 1 aromatic heterocycles. The fraction of sp³-hybridized carbons (Fsp3) is 0.500. The van der Waals surface area contributed by atoms with Crippen LogP contribution in [0.5, 0.6) is 11.5 Å². The molecule has 0 saturated carbocycles. The predicted octanol–water partition coefficient (Wildman–Crippen LogP) is 2.22. The van der Waals surface area contributed by atoms with Crippen LogP contribution < -0.4 is 14.8 Å². The summed E-state index contributed by atoms with van der Waals surface area (Å²) < 4.78 is 18.3. The van der Waals surface area contributed by atoms with Crippen LogP contribution in [0.15, 0.2) is 24.3 Å². The normalized spacial score (nSPS) is 15.7. The maximum absolute atomic E-state index is 12.6. The summed E-state index contributed by atoms with van der Waals surface area (Å²) in [6.07, 6.45) is 0.843. The molecule has 1 aliphatic rings. The van der Waals surface area contributed by atoms with E-state index < -0.39 is 0 Å². The SMILES string of the molecule is CCOCCn1nc(C)cc1C(=O)NC[C@@H]1COc2c(cccc2OC)C1. The van der Waals surface area contributed by atoms with E-state index in [0.29, 0.717) is 38.6 Å². The Kier molecular flexibility index (Phi) is 6.34. The van der Waals surface area contributed by atoms with E-state index in [1.807, 2.05) is 32.0 Å². The molecule has 7 nitrogen and oxygen atoms in total. The van der Waals surface area contributed by atoms with Gasteiger partial charge in [-0.05, 0) is 38.0 Å². The maximum atomic E-state index is 12.6. The lowest BCUT2D eigenvalue weighted by Gasteiger charge is -2.26. The first kappa shape index (κ1) is 19.2. The van der Waals surface area contributed by atoms with E-state index in [1.165, 1.54) is 0 Å². The Bertz CT molecular complexity index is 788. The van der Waals surface area contributed by atoms with Crippen molar-refractivity contribution >= 4 is 5.91 Å². The minimum Gasteiger partial charge on any atom is -0.493 e. The summed E-state index contributed by atoms with van der Waals surface area (Å²) >= 11 is 0. The lowest BCUT2D eigenvalue weighted by Crippen LogP contribution is -2.36. The fourth-order valence-electron chi connectivity index (χ4n) is 3.27. The van der Waals surface area contributed by atoms with Gasteiger partial charge < -0.3 is 19.5 Å². The van der Waals surface area contributed by atoms with E-state index >= 15 is 0 Å². The van der Waals surface area contributed by atoms with Crippen molar-refractivity contribution in [3.05, 3.63) is 41.2 Å². The van der Waals surface area contributed by atoms with Crippen molar-refractivity contribution in [1.82, 2.24) is 15.1 Å². The number of fused-ring (bicyclic) bond motifs is 1. The Labute approximate surface area is 159 Å². The average Bonchev–Trinajstić information content (AvgIpc) is 3.06. The summed E-state index contributed by atoms with van der Waals surface area (Å²) in [5.41, 5.74) is 2.49. The number of rotatable bonds is 8. The van der Waals surface area contributed by atoms with Crippen LogP contribution in [-0.4, -0.2) is 49.2 Å². The highest BCUT2D eigenvalue weighted by Crippen LogP contribution is 2.35. The summed E-state index contributed by atoms with van der Waals surface area (Å²) in [6, 6.07) is 7.70. The van der Waals surface area contributed by atoms with E-state index in [0.717, 1.165) is 29.2 Å². The van der Waals surface area contributed by atoms with Crippen LogP contribution >= 0.6 is 0 Å². The van der Waals surface area contributed by atoms with Gasteiger partial charge in [0.25, 0.3) is 5.91 Å². The van der Waals surface area contributed by atoms with Crippen LogP contribution in [-0.2, 0) is 17.7 Å². The number of nitrogens with zero attached hydrogens (tertiary/aromatic N) is 2. The first-order valence-electron chi connectivity index (χ1n) is 9.31. The highest BCUT2D eigenvalue weighted by molar-refractivity contribution is 5.92. The molecule has 0 saturated heterocycles. The molecule has 0 radical (unpaired) electrons. The van der Waals surface area contributed by atoms with E-state index in [-0.39, 0.29) is 11.8 Å². The van der Waals surface area contributed by atoms with Gasteiger partial charge in [-0.15, -0.1) is 0 Å². The third-order valence-corrected chi connectivity index (χ3v) is 4.59. The molecule has 0 fully saturated rings. The summed E-state index contributed by atoms with van der Waals surface area (Å²) in [7, 11) is 1.64. The molecule has 0 aliphatic carbocycles. The number of benzene rings is 1. The first-order chi connectivity index (χ1) is 13.1. The van der Waals surface area contributed by atoms with Gasteiger partial charge in [-0.25, -0.2) is 0 Å².